The quantitative estimate of drug-likeness (QED) is 0.893. The van der Waals surface area contributed by atoms with Crippen molar-refractivity contribution >= 4 is 46.4 Å². The molecule has 6 nitrogen and oxygen atoms in total. The molecule has 1 aliphatic rings. The number of hydrogen-bond acceptors (Lipinski definition) is 6. The first kappa shape index (κ1) is 16.4. The zero-order chi connectivity index (χ0) is 16.2. The highest BCUT2D eigenvalue weighted by molar-refractivity contribution is 7.20. The molecule has 23 heavy (non-hydrogen) atoms. The number of thiophene rings is 1. The molecule has 0 atom stereocenters. The van der Waals surface area contributed by atoms with Crippen molar-refractivity contribution in [3.05, 3.63) is 38.3 Å². The summed E-state index contributed by atoms with van der Waals surface area (Å²) in [5.74, 6) is 0.376. The van der Waals surface area contributed by atoms with E-state index in [1.807, 2.05) is 0 Å². The van der Waals surface area contributed by atoms with Crippen molar-refractivity contribution in [3.8, 4) is 0 Å². The molecule has 2 aromatic heterocycles. The van der Waals surface area contributed by atoms with Gasteiger partial charge in [-0.3, -0.25) is 4.79 Å². The standard InChI is InChI=1S/C14H14Cl2N4O2S/c15-11-7-10(12(16)23-11)13(21)18-8-9-1-2-17-14(19-9)20-3-5-22-6-4-20/h1-2,7H,3-6,8H2,(H,18,21). The van der Waals surface area contributed by atoms with Crippen molar-refractivity contribution in [1.82, 2.24) is 15.3 Å². The molecule has 0 unspecified atom stereocenters. The number of anilines is 1. The first-order chi connectivity index (χ1) is 11.1. The van der Waals surface area contributed by atoms with Crippen LogP contribution in [0, 0.1) is 0 Å². The summed E-state index contributed by atoms with van der Waals surface area (Å²) in [4.78, 5) is 22.9. The number of carbonyl (C=O) groups is 1. The van der Waals surface area contributed by atoms with Gasteiger partial charge < -0.3 is 15.0 Å². The summed E-state index contributed by atoms with van der Waals surface area (Å²) in [6, 6.07) is 3.33. The number of rotatable bonds is 4. The molecule has 1 N–H and O–H groups in total. The molecule has 0 spiro atoms. The molecule has 9 heteroatoms. The lowest BCUT2D eigenvalue weighted by atomic mass is 10.3. The van der Waals surface area contributed by atoms with Gasteiger partial charge in [-0.05, 0) is 12.1 Å². The highest BCUT2D eigenvalue weighted by Crippen LogP contribution is 2.30. The van der Waals surface area contributed by atoms with E-state index in [1.165, 1.54) is 11.3 Å². The molecule has 1 amide bonds. The van der Waals surface area contributed by atoms with E-state index >= 15 is 0 Å². The number of halogens is 2. The summed E-state index contributed by atoms with van der Waals surface area (Å²) in [7, 11) is 0. The SMILES string of the molecule is O=C(NCc1ccnc(N2CCOCC2)n1)c1cc(Cl)sc1Cl. The van der Waals surface area contributed by atoms with Crippen LogP contribution in [0.25, 0.3) is 0 Å². The fourth-order valence-electron chi connectivity index (χ4n) is 2.16. The topological polar surface area (TPSA) is 67.4 Å². The van der Waals surface area contributed by atoms with E-state index < -0.39 is 0 Å². The van der Waals surface area contributed by atoms with Gasteiger partial charge in [-0.25, -0.2) is 9.97 Å². The molecular formula is C14H14Cl2N4O2S. The van der Waals surface area contributed by atoms with Gasteiger partial charge >= 0.3 is 0 Å². The molecule has 0 aliphatic carbocycles. The Morgan fingerprint density at radius 2 is 2.17 bits per heavy atom. The predicted octanol–water partition coefficient (Wildman–Crippen LogP) is 2.61. The Labute approximate surface area is 147 Å². The number of nitrogens with one attached hydrogen (secondary N) is 1. The molecule has 0 bridgehead atoms. The molecule has 0 radical (unpaired) electrons. The van der Waals surface area contributed by atoms with Crippen LogP contribution in [0.15, 0.2) is 18.3 Å². The van der Waals surface area contributed by atoms with Crippen LogP contribution in [0.1, 0.15) is 16.1 Å². The maximum Gasteiger partial charge on any atom is 0.254 e. The molecule has 0 saturated carbocycles. The Morgan fingerprint density at radius 1 is 1.39 bits per heavy atom. The summed E-state index contributed by atoms with van der Waals surface area (Å²) in [6.45, 7) is 3.16. The van der Waals surface area contributed by atoms with Gasteiger partial charge in [0.1, 0.15) is 4.34 Å². The minimum Gasteiger partial charge on any atom is -0.378 e. The lowest BCUT2D eigenvalue weighted by Crippen LogP contribution is -2.37. The fourth-order valence-corrected chi connectivity index (χ4v) is 3.62. The predicted molar refractivity (Wildman–Crippen MR) is 90.6 cm³/mol. The first-order valence-electron chi connectivity index (χ1n) is 7.01. The van der Waals surface area contributed by atoms with Crippen LogP contribution in [-0.4, -0.2) is 42.2 Å². The van der Waals surface area contributed by atoms with Crippen LogP contribution in [0.5, 0.6) is 0 Å². The summed E-state index contributed by atoms with van der Waals surface area (Å²) >= 11 is 13.0. The number of nitrogens with zero attached hydrogens (tertiary/aromatic N) is 3. The Bertz CT molecular complexity index is 704. The number of morpholine rings is 1. The normalized spacial score (nSPS) is 14.8. The molecule has 2 aromatic rings. The average Bonchev–Trinajstić information content (AvgIpc) is 2.92. The Hall–Kier alpha value is -1.41. The van der Waals surface area contributed by atoms with Crippen LogP contribution < -0.4 is 10.2 Å². The van der Waals surface area contributed by atoms with Gasteiger partial charge in [0.05, 0.1) is 35.4 Å². The van der Waals surface area contributed by atoms with Crippen molar-refractivity contribution in [2.45, 2.75) is 6.54 Å². The lowest BCUT2D eigenvalue weighted by molar-refractivity contribution is 0.0951. The second kappa shape index (κ2) is 7.44. The van der Waals surface area contributed by atoms with E-state index in [-0.39, 0.29) is 5.91 Å². The third-order valence-corrected chi connectivity index (χ3v) is 4.81. The van der Waals surface area contributed by atoms with Gasteiger partial charge in [0.25, 0.3) is 5.91 Å². The van der Waals surface area contributed by atoms with Gasteiger partial charge in [0.2, 0.25) is 5.95 Å². The summed E-state index contributed by atoms with van der Waals surface area (Å²) < 4.78 is 6.18. The van der Waals surface area contributed by atoms with E-state index in [9.17, 15) is 4.79 Å². The second-order valence-electron chi connectivity index (χ2n) is 4.87. The molecule has 1 fully saturated rings. The number of ether oxygens (including phenoxy) is 1. The monoisotopic (exact) mass is 372 g/mol. The smallest absolute Gasteiger partial charge is 0.254 e. The third-order valence-electron chi connectivity index (χ3n) is 3.33. The molecule has 1 aliphatic heterocycles. The number of carbonyl (C=O) groups excluding carboxylic acids is 1. The second-order valence-corrected chi connectivity index (χ2v) is 7.15. The van der Waals surface area contributed by atoms with Crippen LogP contribution in [0.3, 0.4) is 0 Å². The largest absolute Gasteiger partial charge is 0.378 e. The van der Waals surface area contributed by atoms with Crippen molar-refractivity contribution in [2.24, 2.45) is 0 Å². The van der Waals surface area contributed by atoms with Crippen molar-refractivity contribution in [1.29, 1.82) is 0 Å². The zero-order valence-corrected chi connectivity index (χ0v) is 14.4. The zero-order valence-electron chi connectivity index (χ0n) is 12.1. The maximum atomic E-state index is 12.1. The Balaban J connectivity index is 1.64. The first-order valence-corrected chi connectivity index (χ1v) is 8.58. The molecule has 122 valence electrons. The van der Waals surface area contributed by atoms with E-state index in [2.05, 4.69) is 20.2 Å². The van der Waals surface area contributed by atoms with Crippen molar-refractivity contribution in [3.63, 3.8) is 0 Å². The van der Waals surface area contributed by atoms with Gasteiger partial charge in [-0.15, -0.1) is 11.3 Å². The number of aromatic nitrogens is 2. The van der Waals surface area contributed by atoms with Crippen molar-refractivity contribution in [2.75, 3.05) is 31.2 Å². The molecule has 3 rings (SSSR count). The number of amides is 1. The molecule has 0 aromatic carbocycles. The van der Waals surface area contributed by atoms with Gasteiger partial charge in [-0.1, -0.05) is 23.2 Å². The summed E-state index contributed by atoms with van der Waals surface area (Å²) in [5.41, 5.74) is 1.11. The van der Waals surface area contributed by atoms with Crippen molar-refractivity contribution < 1.29 is 9.53 Å². The summed E-state index contributed by atoms with van der Waals surface area (Å²) in [5, 5.41) is 2.79. The van der Waals surface area contributed by atoms with E-state index in [4.69, 9.17) is 27.9 Å². The van der Waals surface area contributed by atoms with Gasteiger partial charge in [0.15, 0.2) is 0 Å². The van der Waals surface area contributed by atoms with E-state index in [0.717, 1.165) is 18.8 Å². The molecular weight excluding hydrogens is 359 g/mol. The minimum atomic E-state index is -0.273. The van der Waals surface area contributed by atoms with E-state index in [0.29, 0.717) is 39.9 Å². The average molecular weight is 373 g/mol. The molecule has 1 saturated heterocycles. The van der Waals surface area contributed by atoms with Gasteiger partial charge in [0, 0.05) is 19.3 Å². The maximum absolute atomic E-state index is 12.1. The fraction of sp³-hybridized carbons (Fsp3) is 0.357. The van der Waals surface area contributed by atoms with Crippen LogP contribution in [-0.2, 0) is 11.3 Å². The van der Waals surface area contributed by atoms with Crippen LogP contribution >= 0.6 is 34.5 Å². The van der Waals surface area contributed by atoms with Gasteiger partial charge in [-0.2, -0.15) is 0 Å². The Kier molecular flexibility index (Phi) is 5.32. The molecule has 3 heterocycles. The third kappa shape index (κ3) is 4.11. The highest BCUT2D eigenvalue weighted by atomic mass is 35.5. The van der Waals surface area contributed by atoms with Crippen LogP contribution in [0.4, 0.5) is 5.95 Å². The Morgan fingerprint density at radius 3 is 2.87 bits per heavy atom. The highest BCUT2D eigenvalue weighted by Gasteiger charge is 2.16. The minimum absolute atomic E-state index is 0.273. The van der Waals surface area contributed by atoms with E-state index in [1.54, 1.807) is 18.3 Å². The lowest BCUT2D eigenvalue weighted by Gasteiger charge is -2.26. The summed E-state index contributed by atoms with van der Waals surface area (Å²) in [6.07, 6.45) is 1.69. The van der Waals surface area contributed by atoms with Crippen LogP contribution in [0.2, 0.25) is 8.67 Å². The number of hydrogen-bond donors (Lipinski definition) is 1.